The molecular formula is C10H13NO2. The number of phenols is 1. The van der Waals surface area contributed by atoms with Crippen molar-refractivity contribution in [2.24, 2.45) is 0 Å². The van der Waals surface area contributed by atoms with Gasteiger partial charge in [-0.2, -0.15) is 0 Å². The second-order valence-corrected chi connectivity index (χ2v) is 2.86. The second kappa shape index (κ2) is 3.94. The summed E-state index contributed by atoms with van der Waals surface area (Å²) in [5.74, 6) is -0.0252. The zero-order chi connectivity index (χ0) is 9.84. The Balaban J connectivity index is 2.99. The molecule has 13 heavy (non-hydrogen) atoms. The molecule has 0 atom stereocenters. The van der Waals surface area contributed by atoms with E-state index in [1.807, 2.05) is 13.8 Å². The number of carbonyl (C=O) groups is 1. The molecule has 3 heteroatoms. The van der Waals surface area contributed by atoms with Gasteiger partial charge in [0.05, 0.1) is 0 Å². The van der Waals surface area contributed by atoms with Gasteiger partial charge < -0.3 is 10.4 Å². The summed E-state index contributed by atoms with van der Waals surface area (Å²) in [5, 5.41) is 11.9. The highest BCUT2D eigenvalue weighted by Crippen LogP contribution is 2.15. The molecule has 3 nitrogen and oxygen atoms in total. The number of aryl methyl sites for hydroxylation is 1. The summed E-state index contributed by atoms with van der Waals surface area (Å²) in [5.41, 5.74) is 1.39. The maximum atomic E-state index is 11.4. The van der Waals surface area contributed by atoms with Crippen molar-refractivity contribution in [2.45, 2.75) is 13.8 Å². The Labute approximate surface area is 77.4 Å². The lowest BCUT2D eigenvalue weighted by Crippen LogP contribution is -2.23. The van der Waals surface area contributed by atoms with Crippen molar-refractivity contribution in [1.82, 2.24) is 5.32 Å². The predicted molar refractivity (Wildman–Crippen MR) is 50.9 cm³/mol. The van der Waals surface area contributed by atoms with Crippen LogP contribution in [0, 0.1) is 6.92 Å². The van der Waals surface area contributed by atoms with Crippen molar-refractivity contribution >= 4 is 5.91 Å². The van der Waals surface area contributed by atoms with Crippen molar-refractivity contribution in [1.29, 1.82) is 0 Å². The summed E-state index contributed by atoms with van der Waals surface area (Å²) in [7, 11) is 0. The first kappa shape index (κ1) is 9.58. The van der Waals surface area contributed by atoms with Gasteiger partial charge in [0, 0.05) is 12.1 Å². The summed E-state index contributed by atoms with van der Waals surface area (Å²) in [4.78, 5) is 11.4. The molecule has 0 aliphatic heterocycles. The van der Waals surface area contributed by atoms with Gasteiger partial charge in [-0.15, -0.1) is 0 Å². The van der Waals surface area contributed by atoms with E-state index in [9.17, 15) is 9.90 Å². The number of hydrogen-bond acceptors (Lipinski definition) is 2. The maximum Gasteiger partial charge on any atom is 0.251 e. The highest BCUT2D eigenvalue weighted by molar-refractivity contribution is 5.95. The van der Waals surface area contributed by atoms with Crippen LogP contribution in [0.3, 0.4) is 0 Å². The molecule has 0 radical (unpaired) electrons. The molecule has 0 spiro atoms. The molecule has 2 N–H and O–H groups in total. The van der Waals surface area contributed by atoms with E-state index in [0.717, 1.165) is 5.56 Å². The van der Waals surface area contributed by atoms with Gasteiger partial charge in [-0.1, -0.05) is 6.07 Å². The second-order valence-electron chi connectivity index (χ2n) is 2.86. The van der Waals surface area contributed by atoms with E-state index in [2.05, 4.69) is 5.32 Å². The molecule has 0 bridgehead atoms. The van der Waals surface area contributed by atoms with Gasteiger partial charge >= 0.3 is 0 Å². The molecule has 0 unspecified atom stereocenters. The number of aromatic hydroxyl groups is 1. The third-order valence-electron chi connectivity index (χ3n) is 1.80. The highest BCUT2D eigenvalue weighted by Gasteiger charge is 2.07. The highest BCUT2D eigenvalue weighted by atomic mass is 16.3. The zero-order valence-electron chi connectivity index (χ0n) is 7.79. The van der Waals surface area contributed by atoms with Crippen molar-refractivity contribution in [3.05, 3.63) is 29.3 Å². The van der Waals surface area contributed by atoms with E-state index >= 15 is 0 Å². The quantitative estimate of drug-likeness (QED) is 0.722. The van der Waals surface area contributed by atoms with Crippen molar-refractivity contribution in [2.75, 3.05) is 6.54 Å². The molecule has 0 aliphatic rings. The predicted octanol–water partition coefficient (Wildman–Crippen LogP) is 1.45. The Morgan fingerprint density at radius 1 is 1.54 bits per heavy atom. The molecule has 1 aromatic rings. The summed E-state index contributed by atoms with van der Waals surface area (Å²) >= 11 is 0. The number of hydrogen-bond donors (Lipinski definition) is 2. The molecule has 70 valence electrons. The first-order chi connectivity index (χ1) is 6.15. The fraction of sp³-hybridized carbons (Fsp3) is 0.300. The standard InChI is InChI=1S/C10H13NO2/c1-3-11-10(13)9-6-8(12)5-4-7(9)2/h4-6,12H,3H2,1-2H3,(H,11,13). The molecule has 1 aromatic carbocycles. The molecule has 0 saturated carbocycles. The summed E-state index contributed by atoms with van der Waals surface area (Å²) in [6.45, 7) is 4.29. The van der Waals surface area contributed by atoms with E-state index in [0.29, 0.717) is 12.1 Å². The SMILES string of the molecule is CCNC(=O)c1cc(O)ccc1C. The third kappa shape index (κ3) is 2.21. The number of rotatable bonds is 2. The summed E-state index contributed by atoms with van der Waals surface area (Å²) < 4.78 is 0. The Kier molecular flexibility index (Phi) is 2.90. The average molecular weight is 179 g/mol. The molecule has 1 amide bonds. The van der Waals surface area contributed by atoms with Gasteiger partial charge in [0.15, 0.2) is 0 Å². The van der Waals surface area contributed by atoms with Crippen LogP contribution in [0.4, 0.5) is 0 Å². The largest absolute Gasteiger partial charge is 0.508 e. The van der Waals surface area contributed by atoms with Crippen LogP contribution in [-0.2, 0) is 0 Å². The average Bonchev–Trinajstić information content (AvgIpc) is 2.09. The lowest BCUT2D eigenvalue weighted by molar-refractivity contribution is 0.0955. The van der Waals surface area contributed by atoms with Crippen LogP contribution in [0.5, 0.6) is 5.75 Å². The van der Waals surface area contributed by atoms with Crippen LogP contribution in [0.25, 0.3) is 0 Å². The van der Waals surface area contributed by atoms with Crippen molar-refractivity contribution in [3.8, 4) is 5.75 Å². The van der Waals surface area contributed by atoms with Gasteiger partial charge in [-0.05, 0) is 31.5 Å². The molecule has 0 fully saturated rings. The molecule has 0 saturated heterocycles. The van der Waals surface area contributed by atoms with Crippen LogP contribution in [-0.4, -0.2) is 17.6 Å². The van der Waals surface area contributed by atoms with Gasteiger partial charge in [0.25, 0.3) is 5.91 Å². The van der Waals surface area contributed by atoms with Crippen LogP contribution in [0.1, 0.15) is 22.8 Å². The summed E-state index contributed by atoms with van der Waals surface area (Å²) in [6, 6.07) is 4.76. The van der Waals surface area contributed by atoms with Gasteiger partial charge in [-0.25, -0.2) is 0 Å². The number of benzene rings is 1. The number of amides is 1. The van der Waals surface area contributed by atoms with Crippen molar-refractivity contribution < 1.29 is 9.90 Å². The fourth-order valence-corrected chi connectivity index (χ4v) is 1.11. The lowest BCUT2D eigenvalue weighted by Gasteiger charge is -2.05. The van der Waals surface area contributed by atoms with Crippen LogP contribution < -0.4 is 5.32 Å². The monoisotopic (exact) mass is 179 g/mol. The van der Waals surface area contributed by atoms with E-state index in [4.69, 9.17) is 0 Å². The zero-order valence-corrected chi connectivity index (χ0v) is 7.79. The summed E-state index contributed by atoms with van der Waals surface area (Å²) in [6.07, 6.45) is 0. The minimum absolute atomic E-state index is 0.117. The normalized spacial score (nSPS) is 9.69. The smallest absolute Gasteiger partial charge is 0.251 e. The first-order valence-electron chi connectivity index (χ1n) is 4.23. The topological polar surface area (TPSA) is 49.3 Å². The minimum atomic E-state index is -0.143. The first-order valence-corrected chi connectivity index (χ1v) is 4.23. The molecular weight excluding hydrogens is 166 g/mol. The molecule has 1 rings (SSSR count). The number of nitrogens with one attached hydrogen (secondary N) is 1. The van der Waals surface area contributed by atoms with E-state index < -0.39 is 0 Å². The van der Waals surface area contributed by atoms with E-state index in [1.165, 1.54) is 6.07 Å². The van der Waals surface area contributed by atoms with Gasteiger partial charge in [0.1, 0.15) is 5.75 Å². The van der Waals surface area contributed by atoms with E-state index in [-0.39, 0.29) is 11.7 Å². The maximum absolute atomic E-state index is 11.4. The third-order valence-corrected chi connectivity index (χ3v) is 1.80. The Morgan fingerprint density at radius 2 is 2.23 bits per heavy atom. The Morgan fingerprint density at radius 3 is 2.85 bits per heavy atom. The van der Waals surface area contributed by atoms with Crippen LogP contribution in [0.2, 0.25) is 0 Å². The minimum Gasteiger partial charge on any atom is -0.508 e. The number of carbonyl (C=O) groups excluding carboxylic acids is 1. The van der Waals surface area contributed by atoms with Crippen LogP contribution in [0.15, 0.2) is 18.2 Å². The molecule has 0 heterocycles. The Hall–Kier alpha value is -1.51. The Bertz CT molecular complexity index is 321. The molecule has 0 aromatic heterocycles. The number of phenolic OH excluding ortho intramolecular Hbond substituents is 1. The van der Waals surface area contributed by atoms with Gasteiger partial charge in [-0.3, -0.25) is 4.79 Å². The van der Waals surface area contributed by atoms with E-state index in [1.54, 1.807) is 12.1 Å². The fourth-order valence-electron chi connectivity index (χ4n) is 1.11. The van der Waals surface area contributed by atoms with Crippen molar-refractivity contribution in [3.63, 3.8) is 0 Å². The molecule has 0 aliphatic carbocycles. The lowest BCUT2D eigenvalue weighted by atomic mass is 10.1. The van der Waals surface area contributed by atoms with Crippen LogP contribution >= 0.6 is 0 Å². The van der Waals surface area contributed by atoms with Gasteiger partial charge in [0.2, 0.25) is 0 Å².